The van der Waals surface area contributed by atoms with Crippen molar-refractivity contribution in [2.75, 3.05) is 13.1 Å². The van der Waals surface area contributed by atoms with E-state index in [0.717, 1.165) is 30.8 Å². The van der Waals surface area contributed by atoms with Crippen molar-refractivity contribution in [3.8, 4) is 0 Å². The van der Waals surface area contributed by atoms with Gasteiger partial charge in [-0.1, -0.05) is 43.3 Å². The van der Waals surface area contributed by atoms with E-state index >= 15 is 0 Å². The first-order valence-corrected chi connectivity index (χ1v) is 11.9. The molecule has 1 fully saturated rings. The maximum absolute atomic E-state index is 13.2. The van der Waals surface area contributed by atoms with Gasteiger partial charge in [0.25, 0.3) is 0 Å². The Morgan fingerprint density at radius 1 is 0.815 bits per heavy atom. The van der Waals surface area contributed by atoms with E-state index in [9.17, 15) is 16.8 Å². The molecule has 0 amide bonds. The molecule has 0 aliphatic carbocycles. The molecule has 1 N–H and O–H groups in total. The Hall–Kier alpha value is -1.96. The van der Waals surface area contributed by atoms with Crippen molar-refractivity contribution in [2.24, 2.45) is 5.92 Å². The zero-order chi connectivity index (χ0) is 19.5. The maximum atomic E-state index is 13.2. The van der Waals surface area contributed by atoms with Gasteiger partial charge in [0.2, 0.25) is 23.9 Å². The Morgan fingerprint density at radius 3 is 1.63 bits per heavy atom. The van der Waals surface area contributed by atoms with Gasteiger partial charge in [0, 0.05) is 0 Å². The molecule has 5 nitrogen and oxygen atoms in total. The van der Waals surface area contributed by atoms with Gasteiger partial charge in [0.15, 0.2) is 0 Å². The molecule has 1 aliphatic rings. The third-order valence-corrected chi connectivity index (χ3v) is 9.27. The highest BCUT2D eigenvalue weighted by atomic mass is 32.3. The summed E-state index contributed by atoms with van der Waals surface area (Å²) < 4.78 is 52.4. The molecular formula is C20H24NO4S2+. The van der Waals surface area contributed by atoms with E-state index in [1.165, 1.54) is 30.5 Å². The van der Waals surface area contributed by atoms with Crippen molar-refractivity contribution < 1.29 is 21.7 Å². The first kappa shape index (κ1) is 19.8. The van der Waals surface area contributed by atoms with Gasteiger partial charge >= 0.3 is 0 Å². The molecule has 0 saturated carbocycles. The van der Waals surface area contributed by atoms with Crippen LogP contribution >= 0.6 is 0 Å². The van der Waals surface area contributed by atoms with Crippen LogP contribution in [0.1, 0.15) is 19.8 Å². The van der Waals surface area contributed by atoms with Crippen LogP contribution in [0.3, 0.4) is 0 Å². The van der Waals surface area contributed by atoms with E-state index in [4.69, 9.17) is 0 Å². The van der Waals surface area contributed by atoms with Crippen LogP contribution in [0.4, 0.5) is 0 Å². The van der Waals surface area contributed by atoms with Crippen molar-refractivity contribution in [2.45, 2.75) is 29.6 Å². The molecule has 144 valence electrons. The summed E-state index contributed by atoms with van der Waals surface area (Å²) in [5, 5.41) is 0. The molecule has 0 unspecified atom stereocenters. The summed E-state index contributed by atoms with van der Waals surface area (Å²) in [6.07, 6.45) is 3.28. The second kappa shape index (κ2) is 7.96. The molecule has 0 bridgehead atoms. The minimum Gasteiger partial charge on any atom is -0.307 e. The standard InChI is InChI=1S/C20H23NO4S2/c1-17-12-14-21(15-13-17)16-20(26(22,23)18-8-4-2-5-9-18)27(24,25)19-10-6-3-7-11-19/h2-11,16-17H,12-15H2,1H3/p+1. The number of likely N-dealkylation sites (tertiary alicyclic amines) is 1. The fraction of sp³-hybridized carbons (Fsp3) is 0.300. The number of sulfone groups is 2. The van der Waals surface area contributed by atoms with Gasteiger partial charge < -0.3 is 4.90 Å². The molecule has 27 heavy (non-hydrogen) atoms. The third kappa shape index (κ3) is 4.31. The summed E-state index contributed by atoms with van der Waals surface area (Å²) in [6.45, 7) is 3.60. The number of nitrogens with one attached hydrogen (secondary N) is 1. The van der Waals surface area contributed by atoms with Crippen molar-refractivity contribution >= 4 is 19.7 Å². The molecule has 3 rings (SSSR count). The highest BCUT2D eigenvalue weighted by Gasteiger charge is 2.36. The van der Waals surface area contributed by atoms with Crippen LogP contribution in [-0.4, -0.2) is 29.9 Å². The molecular weight excluding hydrogens is 382 g/mol. The molecule has 0 atom stereocenters. The van der Waals surface area contributed by atoms with Crippen LogP contribution in [0.25, 0.3) is 0 Å². The van der Waals surface area contributed by atoms with Gasteiger partial charge in [0.1, 0.15) is 6.20 Å². The first-order valence-electron chi connectivity index (χ1n) is 8.98. The average Bonchev–Trinajstić information content (AvgIpc) is 2.68. The third-order valence-electron chi connectivity index (χ3n) is 4.88. The quantitative estimate of drug-likeness (QED) is 0.825. The van der Waals surface area contributed by atoms with Crippen molar-refractivity contribution in [1.82, 2.24) is 0 Å². The molecule has 0 aromatic heterocycles. The second-order valence-corrected chi connectivity index (χ2v) is 11.0. The van der Waals surface area contributed by atoms with Crippen LogP contribution in [0.2, 0.25) is 0 Å². The summed E-state index contributed by atoms with van der Waals surface area (Å²) in [4.78, 5) is 0.850. The fourth-order valence-electron chi connectivity index (χ4n) is 3.18. The topological polar surface area (TPSA) is 72.7 Å². The van der Waals surface area contributed by atoms with Crippen LogP contribution in [-0.2, 0) is 19.7 Å². The van der Waals surface area contributed by atoms with Gasteiger partial charge in [-0.3, -0.25) is 0 Å². The van der Waals surface area contributed by atoms with E-state index in [2.05, 4.69) is 6.92 Å². The predicted molar refractivity (Wildman–Crippen MR) is 104 cm³/mol. The molecule has 1 aliphatic heterocycles. The average molecular weight is 407 g/mol. The molecule has 0 spiro atoms. The Bertz CT molecular complexity index is 935. The zero-order valence-electron chi connectivity index (χ0n) is 15.2. The summed E-state index contributed by atoms with van der Waals surface area (Å²) in [7, 11) is -8.33. The van der Waals surface area contributed by atoms with Gasteiger partial charge in [-0.25, -0.2) is 16.8 Å². The van der Waals surface area contributed by atoms with E-state index in [-0.39, 0.29) is 9.79 Å². The van der Waals surface area contributed by atoms with E-state index in [0.29, 0.717) is 5.92 Å². The number of hydrogen-bond donors (Lipinski definition) is 1. The summed E-state index contributed by atoms with van der Waals surface area (Å²) >= 11 is 0. The molecule has 2 aromatic carbocycles. The Labute approximate surface area is 161 Å². The molecule has 2 aromatic rings. The van der Waals surface area contributed by atoms with Crippen LogP contribution in [0.5, 0.6) is 0 Å². The summed E-state index contributed by atoms with van der Waals surface area (Å²) in [6, 6.07) is 15.5. The first-order chi connectivity index (χ1) is 12.8. The lowest BCUT2D eigenvalue weighted by Crippen LogP contribution is -3.08. The Kier molecular flexibility index (Phi) is 5.83. The zero-order valence-corrected chi connectivity index (χ0v) is 16.8. The van der Waals surface area contributed by atoms with Gasteiger partial charge in [0.05, 0.1) is 22.9 Å². The monoisotopic (exact) mass is 406 g/mol. The predicted octanol–water partition coefficient (Wildman–Crippen LogP) is 2.05. The van der Waals surface area contributed by atoms with Crippen LogP contribution in [0.15, 0.2) is 80.9 Å². The lowest BCUT2D eigenvalue weighted by molar-refractivity contribution is -0.853. The van der Waals surface area contributed by atoms with E-state index in [1.54, 1.807) is 36.4 Å². The van der Waals surface area contributed by atoms with Crippen LogP contribution in [0, 0.1) is 5.92 Å². The fourth-order valence-corrected chi connectivity index (χ4v) is 7.05. The highest BCUT2D eigenvalue weighted by Crippen LogP contribution is 2.28. The Morgan fingerprint density at radius 2 is 1.22 bits per heavy atom. The van der Waals surface area contributed by atoms with Gasteiger partial charge in [-0.2, -0.15) is 0 Å². The van der Waals surface area contributed by atoms with E-state index in [1.807, 2.05) is 0 Å². The van der Waals surface area contributed by atoms with Crippen molar-refractivity contribution in [3.05, 3.63) is 71.1 Å². The molecule has 7 heteroatoms. The number of quaternary nitrogens is 1. The van der Waals surface area contributed by atoms with Crippen LogP contribution < -0.4 is 4.90 Å². The van der Waals surface area contributed by atoms with Crippen molar-refractivity contribution in [3.63, 3.8) is 0 Å². The highest BCUT2D eigenvalue weighted by molar-refractivity contribution is 8.14. The maximum Gasteiger partial charge on any atom is 0.223 e. The van der Waals surface area contributed by atoms with Gasteiger partial charge in [-0.15, -0.1) is 0 Å². The summed E-state index contributed by atoms with van der Waals surface area (Å²) in [5.74, 6) is 0.571. The minimum absolute atomic E-state index is 0.0134. The lowest BCUT2D eigenvalue weighted by Gasteiger charge is -2.25. The SMILES string of the molecule is CC1CC[NH+](C=C(S(=O)(=O)c2ccccc2)S(=O)(=O)c2ccccc2)CC1. The summed E-state index contributed by atoms with van der Waals surface area (Å²) in [5.41, 5.74) is 0. The Balaban J connectivity index is 2.13. The number of piperidine rings is 1. The van der Waals surface area contributed by atoms with Gasteiger partial charge in [-0.05, 0) is 43.0 Å². The van der Waals surface area contributed by atoms with E-state index < -0.39 is 23.9 Å². The lowest BCUT2D eigenvalue weighted by atomic mass is 10.00. The second-order valence-electron chi connectivity index (χ2n) is 6.94. The normalized spacial score (nSPS) is 20.8. The number of hydrogen-bond acceptors (Lipinski definition) is 4. The minimum atomic E-state index is -4.17. The molecule has 1 heterocycles. The van der Waals surface area contributed by atoms with Crippen molar-refractivity contribution in [1.29, 1.82) is 0 Å². The number of benzene rings is 2. The molecule has 0 radical (unpaired) electrons. The number of rotatable bonds is 5. The smallest absolute Gasteiger partial charge is 0.223 e. The molecule has 1 saturated heterocycles. The largest absolute Gasteiger partial charge is 0.307 e.